The van der Waals surface area contributed by atoms with Crippen LogP contribution in [-0.4, -0.2) is 21.1 Å². The van der Waals surface area contributed by atoms with E-state index in [1.54, 1.807) is 0 Å². The van der Waals surface area contributed by atoms with Crippen LogP contribution < -0.4 is 5.32 Å². The van der Waals surface area contributed by atoms with Crippen molar-refractivity contribution in [1.82, 2.24) is 14.6 Å². The van der Waals surface area contributed by atoms with Crippen LogP contribution in [0.5, 0.6) is 0 Å². The van der Waals surface area contributed by atoms with E-state index in [2.05, 4.69) is 43.1 Å². The summed E-state index contributed by atoms with van der Waals surface area (Å²) in [6.45, 7) is 9.65. The second kappa shape index (κ2) is 4.73. The Labute approximate surface area is 102 Å². The van der Waals surface area contributed by atoms with Crippen LogP contribution in [0.25, 0.3) is 5.65 Å². The number of rotatable bonds is 4. The van der Waals surface area contributed by atoms with Crippen molar-refractivity contribution in [3.05, 3.63) is 23.9 Å². The summed E-state index contributed by atoms with van der Waals surface area (Å²) in [5.41, 5.74) is 2.07. The van der Waals surface area contributed by atoms with Gasteiger partial charge in [-0.25, -0.2) is 4.52 Å². The van der Waals surface area contributed by atoms with Gasteiger partial charge in [0, 0.05) is 12.7 Å². The summed E-state index contributed by atoms with van der Waals surface area (Å²) >= 11 is 0. The van der Waals surface area contributed by atoms with Gasteiger partial charge >= 0.3 is 0 Å². The van der Waals surface area contributed by atoms with E-state index in [1.807, 2.05) is 22.8 Å². The number of anilines is 1. The highest BCUT2D eigenvalue weighted by molar-refractivity contribution is 5.44. The molecule has 17 heavy (non-hydrogen) atoms. The summed E-state index contributed by atoms with van der Waals surface area (Å²) < 4.78 is 1.82. The van der Waals surface area contributed by atoms with Crippen molar-refractivity contribution >= 4 is 11.6 Å². The molecule has 0 aromatic carbocycles. The van der Waals surface area contributed by atoms with E-state index in [9.17, 15) is 0 Å². The van der Waals surface area contributed by atoms with Gasteiger partial charge in [-0.3, -0.25) is 0 Å². The van der Waals surface area contributed by atoms with E-state index in [4.69, 9.17) is 0 Å². The molecule has 2 rings (SSSR count). The van der Waals surface area contributed by atoms with Gasteiger partial charge in [0.15, 0.2) is 5.65 Å². The minimum Gasteiger partial charge on any atom is -0.353 e. The van der Waals surface area contributed by atoms with Crippen LogP contribution in [0.1, 0.15) is 26.3 Å². The number of pyridine rings is 1. The molecule has 0 saturated heterocycles. The predicted octanol–water partition coefficient (Wildman–Crippen LogP) is 2.74. The van der Waals surface area contributed by atoms with Gasteiger partial charge in [-0.2, -0.15) is 4.98 Å². The fraction of sp³-hybridized carbons (Fsp3) is 0.538. The average Bonchev–Trinajstić information content (AvgIpc) is 2.67. The minimum atomic E-state index is 0.614. The van der Waals surface area contributed by atoms with E-state index in [0.29, 0.717) is 17.8 Å². The maximum atomic E-state index is 4.43. The minimum absolute atomic E-state index is 0.614. The quantitative estimate of drug-likeness (QED) is 0.881. The van der Waals surface area contributed by atoms with Gasteiger partial charge in [-0.1, -0.05) is 26.8 Å². The first-order chi connectivity index (χ1) is 8.06. The second-order valence-electron chi connectivity index (χ2n) is 5.05. The van der Waals surface area contributed by atoms with E-state index in [-0.39, 0.29) is 0 Å². The number of nitrogens with zero attached hydrogens (tertiary/aromatic N) is 3. The number of aromatic nitrogens is 3. The molecule has 0 aliphatic carbocycles. The van der Waals surface area contributed by atoms with Crippen LogP contribution in [0.3, 0.4) is 0 Å². The van der Waals surface area contributed by atoms with Gasteiger partial charge in [0.25, 0.3) is 0 Å². The van der Waals surface area contributed by atoms with Gasteiger partial charge in [-0.15, -0.1) is 5.10 Å². The summed E-state index contributed by atoms with van der Waals surface area (Å²) in [4.78, 5) is 4.43. The molecule has 92 valence electrons. The molecule has 0 bridgehead atoms. The van der Waals surface area contributed by atoms with Crippen LogP contribution in [0, 0.1) is 18.8 Å². The third-order valence-electron chi connectivity index (χ3n) is 3.20. The molecule has 0 aliphatic heterocycles. The van der Waals surface area contributed by atoms with Gasteiger partial charge in [-0.05, 0) is 30.4 Å². The van der Waals surface area contributed by atoms with E-state index in [0.717, 1.165) is 12.2 Å². The highest BCUT2D eigenvalue weighted by atomic mass is 15.3. The third-order valence-corrected chi connectivity index (χ3v) is 3.20. The highest BCUT2D eigenvalue weighted by Crippen LogP contribution is 2.11. The Kier molecular flexibility index (Phi) is 3.31. The third kappa shape index (κ3) is 2.75. The molecule has 0 amide bonds. The largest absolute Gasteiger partial charge is 0.353 e. The van der Waals surface area contributed by atoms with Crippen molar-refractivity contribution < 1.29 is 0 Å². The Bertz CT molecular complexity index is 501. The van der Waals surface area contributed by atoms with Gasteiger partial charge in [0.05, 0.1) is 0 Å². The van der Waals surface area contributed by atoms with Crippen molar-refractivity contribution in [2.45, 2.75) is 27.7 Å². The lowest BCUT2D eigenvalue weighted by atomic mass is 9.98. The Morgan fingerprint density at radius 2 is 2.06 bits per heavy atom. The molecule has 1 unspecified atom stereocenters. The molecule has 4 nitrogen and oxygen atoms in total. The van der Waals surface area contributed by atoms with E-state index in [1.165, 1.54) is 5.56 Å². The van der Waals surface area contributed by atoms with Crippen LogP contribution in [-0.2, 0) is 0 Å². The molecule has 1 atom stereocenters. The van der Waals surface area contributed by atoms with Crippen LogP contribution in [0.4, 0.5) is 5.95 Å². The summed E-state index contributed by atoms with van der Waals surface area (Å²) in [5, 5.41) is 7.69. The molecule has 2 aromatic heterocycles. The van der Waals surface area contributed by atoms with Crippen molar-refractivity contribution in [1.29, 1.82) is 0 Å². The lowest BCUT2D eigenvalue weighted by Crippen LogP contribution is -2.16. The molecule has 4 heteroatoms. The number of hydrogen-bond donors (Lipinski definition) is 1. The molecular weight excluding hydrogens is 212 g/mol. The zero-order chi connectivity index (χ0) is 12.4. The lowest BCUT2D eigenvalue weighted by Gasteiger charge is -2.14. The monoisotopic (exact) mass is 232 g/mol. The number of hydrogen-bond acceptors (Lipinski definition) is 3. The Balaban J connectivity index is 2.09. The summed E-state index contributed by atoms with van der Waals surface area (Å²) in [6, 6.07) is 4.03. The van der Waals surface area contributed by atoms with Crippen LogP contribution >= 0.6 is 0 Å². The molecular formula is C13H20N4. The maximum absolute atomic E-state index is 4.43. The van der Waals surface area contributed by atoms with Gasteiger partial charge in [0.1, 0.15) is 0 Å². The van der Waals surface area contributed by atoms with Gasteiger partial charge in [0.2, 0.25) is 5.95 Å². The fourth-order valence-electron chi connectivity index (χ4n) is 1.55. The number of fused-ring (bicyclic) bond motifs is 1. The lowest BCUT2D eigenvalue weighted by molar-refractivity contribution is 0.439. The Morgan fingerprint density at radius 3 is 2.76 bits per heavy atom. The van der Waals surface area contributed by atoms with E-state index < -0.39 is 0 Å². The molecule has 2 heterocycles. The molecule has 0 fully saturated rings. The second-order valence-corrected chi connectivity index (χ2v) is 5.05. The Morgan fingerprint density at radius 1 is 1.29 bits per heavy atom. The van der Waals surface area contributed by atoms with Crippen molar-refractivity contribution in [3.8, 4) is 0 Å². The summed E-state index contributed by atoms with van der Waals surface area (Å²) in [6.07, 6.45) is 1.99. The molecule has 2 aromatic rings. The maximum Gasteiger partial charge on any atom is 0.243 e. The van der Waals surface area contributed by atoms with E-state index >= 15 is 0 Å². The summed E-state index contributed by atoms with van der Waals surface area (Å²) in [7, 11) is 0. The van der Waals surface area contributed by atoms with Crippen LogP contribution in [0.15, 0.2) is 18.3 Å². The van der Waals surface area contributed by atoms with Gasteiger partial charge < -0.3 is 5.32 Å². The molecule has 0 aliphatic rings. The first-order valence-corrected chi connectivity index (χ1v) is 6.13. The number of aryl methyl sites for hydroxylation is 1. The Hall–Kier alpha value is -1.58. The zero-order valence-electron chi connectivity index (χ0n) is 10.9. The topological polar surface area (TPSA) is 42.2 Å². The van der Waals surface area contributed by atoms with Crippen LogP contribution in [0.2, 0.25) is 0 Å². The zero-order valence-corrected chi connectivity index (χ0v) is 10.9. The smallest absolute Gasteiger partial charge is 0.243 e. The van der Waals surface area contributed by atoms with Crippen molar-refractivity contribution in [2.24, 2.45) is 11.8 Å². The molecule has 0 radical (unpaired) electrons. The standard InChI is InChI=1S/C13H20N4/c1-9(2)11(4)7-14-13-15-12-6-5-10(3)8-17(12)16-13/h5-6,8-9,11H,7H2,1-4H3,(H,14,16). The van der Waals surface area contributed by atoms with Crippen molar-refractivity contribution in [3.63, 3.8) is 0 Å². The fourth-order valence-corrected chi connectivity index (χ4v) is 1.55. The predicted molar refractivity (Wildman–Crippen MR) is 70.2 cm³/mol. The SMILES string of the molecule is Cc1ccc2nc(NCC(C)C(C)C)nn2c1. The average molecular weight is 232 g/mol. The first kappa shape index (κ1) is 11.9. The number of nitrogens with one attached hydrogen (secondary N) is 1. The summed E-state index contributed by atoms with van der Waals surface area (Å²) in [5.74, 6) is 1.99. The molecule has 0 spiro atoms. The molecule has 1 N–H and O–H groups in total. The molecule has 0 saturated carbocycles. The van der Waals surface area contributed by atoms with Crippen molar-refractivity contribution in [2.75, 3.05) is 11.9 Å². The highest BCUT2D eigenvalue weighted by Gasteiger charge is 2.08. The first-order valence-electron chi connectivity index (χ1n) is 6.13. The normalized spacial score (nSPS) is 13.2.